The van der Waals surface area contributed by atoms with Crippen molar-refractivity contribution in [2.75, 3.05) is 24.6 Å². The van der Waals surface area contributed by atoms with E-state index in [4.69, 9.17) is 4.74 Å². The van der Waals surface area contributed by atoms with Crippen molar-refractivity contribution in [3.63, 3.8) is 0 Å². The minimum absolute atomic E-state index is 0.102. The molecule has 2 rings (SSSR count). The van der Waals surface area contributed by atoms with Gasteiger partial charge in [-0.05, 0) is 12.5 Å². The van der Waals surface area contributed by atoms with Gasteiger partial charge in [-0.25, -0.2) is 0 Å². The van der Waals surface area contributed by atoms with Gasteiger partial charge >= 0.3 is 0 Å². The predicted molar refractivity (Wildman–Crippen MR) is 64.6 cm³/mol. The molecular formula is C13H19NO2. The standard InChI is InChI=1S/C13H19NO2/c1-2-12-9-14(7-8-16-12)13-6-4-3-5-11(13)10-15/h3-6,12,15H,2,7-10H2,1H3. The Morgan fingerprint density at radius 1 is 1.44 bits per heavy atom. The van der Waals surface area contributed by atoms with Crippen molar-refractivity contribution in [3.8, 4) is 0 Å². The molecule has 0 saturated carbocycles. The second-order valence-corrected chi connectivity index (χ2v) is 4.13. The van der Waals surface area contributed by atoms with Crippen LogP contribution in [0.2, 0.25) is 0 Å². The Bertz CT molecular complexity index is 340. The Morgan fingerprint density at radius 3 is 3.00 bits per heavy atom. The van der Waals surface area contributed by atoms with E-state index in [9.17, 15) is 5.11 Å². The molecule has 1 atom stereocenters. The van der Waals surface area contributed by atoms with Crippen LogP contribution in [0.5, 0.6) is 0 Å². The van der Waals surface area contributed by atoms with Crippen molar-refractivity contribution in [1.82, 2.24) is 0 Å². The van der Waals surface area contributed by atoms with E-state index in [1.165, 1.54) is 0 Å². The highest BCUT2D eigenvalue weighted by atomic mass is 16.5. The van der Waals surface area contributed by atoms with Gasteiger partial charge in [-0.3, -0.25) is 0 Å². The lowest BCUT2D eigenvalue weighted by Crippen LogP contribution is -2.42. The summed E-state index contributed by atoms with van der Waals surface area (Å²) in [6, 6.07) is 8.03. The van der Waals surface area contributed by atoms with E-state index in [2.05, 4.69) is 17.9 Å². The second kappa shape index (κ2) is 5.32. The molecule has 1 fully saturated rings. The normalized spacial score (nSPS) is 21.1. The molecule has 1 aliphatic heterocycles. The minimum Gasteiger partial charge on any atom is -0.392 e. The third-order valence-corrected chi connectivity index (χ3v) is 3.10. The molecule has 1 saturated heterocycles. The molecule has 0 aliphatic carbocycles. The summed E-state index contributed by atoms with van der Waals surface area (Å²) in [5.41, 5.74) is 2.14. The van der Waals surface area contributed by atoms with Crippen LogP contribution in [0, 0.1) is 0 Å². The van der Waals surface area contributed by atoms with E-state index in [1.807, 2.05) is 18.2 Å². The Labute approximate surface area is 96.6 Å². The highest BCUT2D eigenvalue weighted by Gasteiger charge is 2.20. The van der Waals surface area contributed by atoms with Crippen LogP contribution in [0.25, 0.3) is 0 Å². The number of hydrogen-bond donors (Lipinski definition) is 1. The van der Waals surface area contributed by atoms with E-state index < -0.39 is 0 Å². The maximum atomic E-state index is 9.31. The summed E-state index contributed by atoms with van der Waals surface area (Å²) in [5.74, 6) is 0. The zero-order valence-corrected chi connectivity index (χ0v) is 9.72. The molecule has 1 N–H and O–H groups in total. The van der Waals surface area contributed by atoms with Crippen molar-refractivity contribution in [2.24, 2.45) is 0 Å². The van der Waals surface area contributed by atoms with E-state index in [-0.39, 0.29) is 6.61 Å². The van der Waals surface area contributed by atoms with Gasteiger partial charge in [0.15, 0.2) is 0 Å². The summed E-state index contributed by atoms with van der Waals surface area (Å²) in [7, 11) is 0. The third-order valence-electron chi connectivity index (χ3n) is 3.10. The number of anilines is 1. The largest absolute Gasteiger partial charge is 0.392 e. The van der Waals surface area contributed by atoms with Crippen LogP contribution in [0.4, 0.5) is 5.69 Å². The molecule has 1 aromatic rings. The molecule has 0 radical (unpaired) electrons. The van der Waals surface area contributed by atoms with Gasteiger partial charge in [-0.2, -0.15) is 0 Å². The van der Waals surface area contributed by atoms with Gasteiger partial charge in [0.25, 0.3) is 0 Å². The maximum Gasteiger partial charge on any atom is 0.0748 e. The summed E-state index contributed by atoms with van der Waals surface area (Å²) >= 11 is 0. The first-order valence-electron chi connectivity index (χ1n) is 5.90. The first-order valence-corrected chi connectivity index (χ1v) is 5.90. The number of nitrogens with zero attached hydrogens (tertiary/aromatic N) is 1. The number of para-hydroxylation sites is 1. The van der Waals surface area contributed by atoms with Crippen LogP contribution in [-0.4, -0.2) is 30.9 Å². The predicted octanol–water partition coefficient (Wildman–Crippen LogP) is 1.79. The van der Waals surface area contributed by atoms with Gasteiger partial charge in [-0.15, -0.1) is 0 Å². The van der Waals surface area contributed by atoms with Crippen molar-refractivity contribution in [1.29, 1.82) is 0 Å². The van der Waals surface area contributed by atoms with Crippen LogP contribution in [0.3, 0.4) is 0 Å². The topological polar surface area (TPSA) is 32.7 Å². The smallest absolute Gasteiger partial charge is 0.0748 e. The molecule has 0 aromatic heterocycles. The zero-order valence-electron chi connectivity index (χ0n) is 9.72. The Kier molecular flexibility index (Phi) is 3.80. The summed E-state index contributed by atoms with van der Waals surface area (Å²) in [6.45, 7) is 4.86. The molecule has 1 unspecified atom stereocenters. The van der Waals surface area contributed by atoms with Crippen molar-refractivity contribution in [3.05, 3.63) is 29.8 Å². The Morgan fingerprint density at radius 2 is 2.25 bits per heavy atom. The lowest BCUT2D eigenvalue weighted by molar-refractivity contribution is 0.0383. The average molecular weight is 221 g/mol. The molecular weight excluding hydrogens is 202 g/mol. The number of ether oxygens (including phenoxy) is 1. The number of benzene rings is 1. The van der Waals surface area contributed by atoms with Crippen LogP contribution in [0.15, 0.2) is 24.3 Å². The van der Waals surface area contributed by atoms with Gasteiger partial charge in [0, 0.05) is 24.3 Å². The van der Waals surface area contributed by atoms with E-state index in [0.29, 0.717) is 6.10 Å². The quantitative estimate of drug-likeness (QED) is 0.844. The number of aliphatic hydroxyl groups excluding tert-OH is 1. The van der Waals surface area contributed by atoms with Gasteiger partial charge in [0.05, 0.1) is 19.3 Å². The fraction of sp³-hybridized carbons (Fsp3) is 0.538. The lowest BCUT2D eigenvalue weighted by atomic mass is 10.1. The maximum absolute atomic E-state index is 9.31. The van der Waals surface area contributed by atoms with Crippen molar-refractivity contribution < 1.29 is 9.84 Å². The fourth-order valence-electron chi connectivity index (χ4n) is 2.14. The molecule has 1 aromatic carbocycles. The second-order valence-electron chi connectivity index (χ2n) is 4.13. The van der Waals surface area contributed by atoms with Gasteiger partial charge < -0.3 is 14.7 Å². The van der Waals surface area contributed by atoms with E-state index in [0.717, 1.165) is 37.4 Å². The number of aliphatic hydroxyl groups is 1. The molecule has 0 bridgehead atoms. The van der Waals surface area contributed by atoms with Gasteiger partial charge in [0.1, 0.15) is 0 Å². The number of morpholine rings is 1. The number of hydrogen-bond acceptors (Lipinski definition) is 3. The van der Waals surface area contributed by atoms with Crippen LogP contribution in [-0.2, 0) is 11.3 Å². The molecule has 88 valence electrons. The Hall–Kier alpha value is -1.06. The van der Waals surface area contributed by atoms with Crippen molar-refractivity contribution >= 4 is 5.69 Å². The first-order chi connectivity index (χ1) is 7.85. The first kappa shape index (κ1) is 11.4. The summed E-state index contributed by atoms with van der Waals surface area (Å²) < 4.78 is 5.65. The molecule has 0 amide bonds. The lowest BCUT2D eigenvalue weighted by Gasteiger charge is -2.35. The van der Waals surface area contributed by atoms with E-state index in [1.54, 1.807) is 0 Å². The monoisotopic (exact) mass is 221 g/mol. The third kappa shape index (κ3) is 2.36. The van der Waals surface area contributed by atoms with Crippen LogP contribution in [0.1, 0.15) is 18.9 Å². The zero-order chi connectivity index (χ0) is 11.4. The highest BCUT2D eigenvalue weighted by molar-refractivity contribution is 5.53. The average Bonchev–Trinajstić information content (AvgIpc) is 2.38. The minimum atomic E-state index is 0.102. The summed E-state index contributed by atoms with van der Waals surface area (Å²) in [6.07, 6.45) is 1.36. The molecule has 16 heavy (non-hydrogen) atoms. The summed E-state index contributed by atoms with van der Waals surface area (Å²) in [4.78, 5) is 2.31. The Balaban J connectivity index is 2.16. The highest BCUT2D eigenvalue weighted by Crippen LogP contribution is 2.23. The fourth-order valence-corrected chi connectivity index (χ4v) is 2.14. The molecule has 1 heterocycles. The van der Waals surface area contributed by atoms with Crippen molar-refractivity contribution in [2.45, 2.75) is 26.1 Å². The molecule has 3 heteroatoms. The summed E-state index contributed by atoms with van der Waals surface area (Å²) in [5, 5.41) is 9.31. The van der Waals surface area contributed by atoms with E-state index >= 15 is 0 Å². The van der Waals surface area contributed by atoms with Crippen LogP contribution < -0.4 is 4.90 Å². The molecule has 3 nitrogen and oxygen atoms in total. The number of rotatable bonds is 3. The van der Waals surface area contributed by atoms with Gasteiger partial charge in [0.2, 0.25) is 0 Å². The van der Waals surface area contributed by atoms with Gasteiger partial charge in [-0.1, -0.05) is 25.1 Å². The van der Waals surface area contributed by atoms with Crippen LogP contribution >= 0.6 is 0 Å². The SMILES string of the molecule is CCC1CN(c2ccccc2CO)CCO1. The molecule has 1 aliphatic rings. The molecule has 0 spiro atoms.